The summed E-state index contributed by atoms with van der Waals surface area (Å²) in [4.78, 5) is 10.7. The smallest absolute Gasteiger partial charge is 0.404 e. The minimum Gasteiger partial charge on any atom is -0.447 e. The van der Waals surface area contributed by atoms with Crippen molar-refractivity contribution in [3.8, 4) is 0 Å². The molecule has 0 radical (unpaired) electrons. The van der Waals surface area contributed by atoms with Crippen LogP contribution < -0.4 is 5.73 Å². The summed E-state index contributed by atoms with van der Waals surface area (Å²) in [5.74, 6) is 0.364. The Bertz CT molecular complexity index is 529. The van der Waals surface area contributed by atoms with E-state index in [2.05, 4.69) is 48.5 Å². The van der Waals surface area contributed by atoms with Crippen LogP contribution in [0.3, 0.4) is 0 Å². The second-order valence-corrected chi connectivity index (χ2v) is 5.55. The van der Waals surface area contributed by atoms with Crippen molar-refractivity contribution in [1.29, 1.82) is 0 Å². The van der Waals surface area contributed by atoms with E-state index in [9.17, 15) is 4.79 Å². The maximum Gasteiger partial charge on any atom is 0.404 e. The molecule has 0 saturated carbocycles. The van der Waals surface area contributed by atoms with Gasteiger partial charge in [-0.15, -0.1) is 0 Å². The molecule has 0 bridgehead atoms. The molecule has 2 rings (SSSR count). The molecule has 2 N–H and O–H groups in total. The predicted octanol–water partition coefficient (Wildman–Crippen LogP) is 4.47. The summed E-state index contributed by atoms with van der Waals surface area (Å²) in [6.07, 6.45) is 1.97. The quantitative estimate of drug-likeness (QED) is 0.819. The topological polar surface area (TPSA) is 52.3 Å². The van der Waals surface area contributed by atoms with Crippen LogP contribution in [0, 0.1) is 0 Å². The monoisotopic (exact) mass is 297 g/mol. The summed E-state index contributed by atoms with van der Waals surface area (Å²) in [6, 6.07) is 21.0. The Hall–Kier alpha value is -2.29. The third kappa shape index (κ3) is 4.92. The number of hydrogen-bond donors (Lipinski definition) is 1. The van der Waals surface area contributed by atoms with E-state index < -0.39 is 6.09 Å². The summed E-state index contributed by atoms with van der Waals surface area (Å²) in [5, 5.41) is 0. The maximum atomic E-state index is 10.7. The van der Waals surface area contributed by atoms with Crippen LogP contribution >= 0.6 is 0 Å². The molecule has 0 saturated heterocycles. The second kappa shape index (κ2) is 8.23. The summed E-state index contributed by atoms with van der Waals surface area (Å²) in [6.45, 7) is 1.88. The lowest BCUT2D eigenvalue weighted by Gasteiger charge is -2.19. The van der Waals surface area contributed by atoms with Gasteiger partial charge in [0, 0.05) is 5.92 Å². The second-order valence-electron chi connectivity index (χ2n) is 5.55. The first kappa shape index (κ1) is 16.1. The molecule has 116 valence electrons. The highest BCUT2D eigenvalue weighted by atomic mass is 16.6. The number of benzene rings is 2. The van der Waals surface area contributed by atoms with Crippen molar-refractivity contribution in [1.82, 2.24) is 0 Å². The van der Waals surface area contributed by atoms with Crippen molar-refractivity contribution in [2.45, 2.75) is 38.2 Å². The minimum absolute atomic E-state index is 0.135. The van der Waals surface area contributed by atoms with Gasteiger partial charge >= 0.3 is 6.09 Å². The molecule has 0 aliphatic rings. The zero-order chi connectivity index (χ0) is 15.8. The molecule has 0 aliphatic heterocycles. The minimum atomic E-state index is -0.699. The van der Waals surface area contributed by atoms with Gasteiger partial charge in [-0.25, -0.2) is 4.79 Å². The van der Waals surface area contributed by atoms with Gasteiger partial charge in [0.25, 0.3) is 0 Å². The van der Waals surface area contributed by atoms with Crippen LogP contribution in [-0.2, 0) is 4.74 Å². The molecule has 22 heavy (non-hydrogen) atoms. The summed E-state index contributed by atoms with van der Waals surface area (Å²) in [5.41, 5.74) is 7.68. The zero-order valence-corrected chi connectivity index (χ0v) is 12.9. The molecule has 0 spiro atoms. The highest BCUT2D eigenvalue weighted by Gasteiger charge is 2.14. The molecule has 1 amide bonds. The molecule has 2 aromatic carbocycles. The Morgan fingerprint density at radius 1 is 0.955 bits per heavy atom. The molecule has 1 atom stereocenters. The SMILES string of the molecule is CC(CCCC(c1ccccc1)c1ccccc1)OC(N)=O. The van der Waals surface area contributed by atoms with Crippen molar-refractivity contribution in [3.05, 3.63) is 71.8 Å². The molecule has 0 aromatic heterocycles. The van der Waals surface area contributed by atoms with Crippen LogP contribution in [0.15, 0.2) is 60.7 Å². The van der Waals surface area contributed by atoms with Gasteiger partial charge in [-0.2, -0.15) is 0 Å². The van der Waals surface area contributed by atoms with E-state index in [1.807, 2.05) is 19.1 Å². The average molecular weight is 297 g/mol. The number of ether oxygens (including phenoxy) is 1. The van der Waals surface area contributed by atoms with Crippen LogP contribution in [-0.4, -0.2) is 12.2 Å². The van der Waals surface area contributed by atoms with Crippen molar-refractivity contribution in [3.63, 3.8) is 0 Å². The van der Waals surface area contributed by atoms with Gasteiger partial charge < -0.3 is 10.5 Å². The molecule has 0 fully saturated rings. The van der Waals surface area contributed by atoms with Gasteiger partial charge in [0.2, 0.25) is 0 Å². The largest absolute Gasteiger partial charge is 0.447 e. The van der Waals surface area contributed by atoms with E-state index in [0.29, 0.717) is 5.92 Å². The molecule has 3 nitrogen and oxygen atoms in total. The van der Waals surface area contributed by atoms with Crippen molar-refractivity contribution < 1.29 is 9.53 Å². The van der Waals surface area contributed by atoms with E-state index in [0.717, 1.165) is 19.3 Å². The first-order valence-corrected chi connectivity index (χ1v) is 7.73. The van der Waals surface area contributed by atoms with Crippen LogP contribution in [0.4, 0.5) is 4.79 Å². The van der Waals surface area contributed by atoms with Gasteiger partial charge in [0.15, 0.2) is 0 Å². The van der Waals surface area contributed by atoms with Gasteiger partial charge in [-0.1, -0.05) is 60.7 Å². The molecule has 2 aromatic rings. The third-order valence-electron chi connectivity index (χ3n) is 3.82. The fraction of sp³-hybridized carbons (Fsp3) is 0.316. The number of rotatable bonds is 7. The van der Waals surface area contributed by atoms with Crippen LogP contribution in [0.1, 0.15) is 43.2 Å². The summed E-state index contributed by atoms with van der Waals surface area (Å²) in [7, 11) is 0. The molecular formula is C19H23NO2. The first-order valence-electron chi connectivity index (χ1n) is 7.73. The lowest BCUT2D eigenvalue weighted by atomic mass is 9.87. The number of carbonyl (C=O) groups is 1. The number of carbonyl (C=O) groups excluding carboxylic acids is 1. The Morgan fingerprint density at radius 3 is 1.91 bits per heavy atom. The molecule has 0 aliphatic carbocycles. The van der Waals surface area contributed by atoms with Gasteiger partial charge in [-0.3, -0.25) is 0 Å². The average Bonchev–Trinajstić information content (AvgIpc) is 2.52. The normalized spacial score (nSPS) is 12.1. The Labute approximate surface area is 132 Å². The van der Waals surface area contributed by atoms with E-state index in [1.54, 1.807) is 0 Å². The van der Waals surface area contributed by atoms with Crippen LogP contribution in [0.5, 0.6) is 0 Å². The lowest BCUT2D eigenvalue weighted by molar-refractivity contribution is 0.109. The number of amides is 1. The van der Waals surface area contributed by atoms with Crippen molar-refractivity contribution in [2.24, 2.45) is 5.73 Å². The van der Waals surface area contributed by atoms with E-state index in [-0.39, 0.29) is 6.10 Å². The molecule has 1 unspecified atom stereocenters. The fourth-order valence-corrected chi connectivity index (χ4v) is 2.76. The van der Waals surface area contributed by atoms with Crippen LogP contribution in [0.25, 0.3) is 0 Å². The van der Waals surface area contributed by atoms with E-state index in [1.165, 1.54) is 11.1 Å². The summed E-state index contributed by atoms with van der Waals surface area (Å²) >= 11 is 0. The Kier molecular flexibility index (Phi) is 6.01. The van der Waals surface area contributed by atoms with Crippen LogP contribution in [0.2, 0.25) is 0 Å². The van der Waals surface area contributed by atoms with Crippen molar-refractivity contribution >= 4 is 6.09 Å². The Balaban J connectivity index is 2.02. The standard InChI is InChI=1S/C19H23NO2/c1-15(22-19(20)21)9-8-14-18(16-10-4-2-5-11-16)17-12-6-3-7-13-17/h2-7,10-13,15,18H,8-9,14H2,1H3,(H2,20,21). The third-order valence-corrected chi connectivity index (χ3v) is 3.82. The highest BCUT2D eigenvalue weighted by Crippen LogP contribution is 2.29. The fourth-order valence-electron chi connectivity index (χ4n) is 2.76. The van der Waals surface area contributed by atoms with Crippen molar-refractivity contribution in [2.75, 3.05) is 0 Å². The number of nitrogens with two attached hydrogens (primary N) is 1. The molecule has 0 heterocycles. The molecule has 3 heteroatoms. The van der Waals surface area contributed by atoms with Gasteiger partial charge in [0.1, 0.15) is 6.10 Å². The van der Waals surface area contributed by atoms with E-state index >= 15 is 0 Å². The van der Waals surface area contributed by atoms with Gasteiger partial charge in [-0.05, 0) is 37.3 Å². The first-order chi connectivity index (χ1) is 10.7. The maximum absolute atomic E-state index is 10.7. The number of hydrogen-bond acceptors (Lipinski definition) is 2. The lowest BCUT2D eigenvalue weighted by Crippen LogP contribution is -2.20. The van der Waals surface area contributed by atoms with Gasteiger partial charge in [0.05, 0.1) is 0 Å². The zero-order valence-electron chi connectivity index (χ0n) is 12.9. The predicted molar refractivity (Wildman–Crippen MR) is 88.7 cm³/mol. The highest BCUT2D eigenvalue weighted by molar-refractivity contribution is 5.64. The Morgan fingerprint density at radius 2 is 1.45 bits per heavy atom. The molecular weight excluding hydrogens is 274 g/mol. The summed E-state index contributed by atoms with van der Waals surface area (Å²) < 4.78 is 4.98. The van der Waals surface area contributed by atoms with E-state index in [4.69, 9.17) is 10.5 Å². The number of primary amides is 1.